The van der Waals surface area contributed by atoms with Gasteiger partial charge in [-0.15, -0.1) is 0 Å². The minimum atomic E-state index is 0.123. The largest absolute Gasteiger partial charge is 0.376 e. The third-order valence-electron chi connectivity index (χ3n) is 1.79. The molecule has 0 rings (SSSR count). The van der Waals surface area contributed by atoms with E-state index in [1.807, 2.05) is 41.5 Å². The van der Waals surface area contributed by atoms with Gasteiger partial charge in [0, 0.05) is 0 Å². The molecule has 0 spiro atoms. The monoisotopic (exact) mass is 218 g/mol. The molecule has 3 heteroatoms. The highest BCUT2D eigenvalue weighted by molar-refractivity contribution is 4.55. The second kappa shape index (κ2) is 8.08. The summed E-state index contributed by atoms with van der Waals surface area (Å²) in [6, 6.07) is 0. The topological polar surface area (TPSA) is 27.7 Å². The van der Waals surface area contributed by atoms with Crippen LogP contribution in [0.15, 0.2) is 0 Å². The van der Waals surface area contributed by atoms with Crippen molar-refractivity contribution >= 4 is 0 Å². The third kappa shape index (κ3) is 10.2. The summed E-state index contributed by atoms with van der Waals surface area (Å²) in [5, 5.41) is 0. The summed E-state index contributed by atoms with van der Waals surface area (Å²) in [6.45, 7) is 13.4. The van der Waals surface area contributed by atoms with E-state index in [4.69, 9.17) is 14.2 Å². The molecule has 0 bridgehead atoms. The molecule has 0 radical (unpaired) electrons. The summed E-state index contributed by atoms with van der Waals surface area (Å²) >= 11 is 0. The van der Waals surface area contributed by atoms with Crippen molar-refractivity contribution in [3.8, 4) is 0 Å². The Balaban J connectivity index is 3.52. The fourth-order valence-corrected chi connectivity index (χ4v) is 1.13. The normalized spacial score (nSPS) is 16.0. The molecule has 0 fully saturated rings. The lowest BCUT2D eigenvalue weighted by Gasteiger charge is -2.21. The minimum absolute atomic E-state index is 0.123. The molecule has 0 aliphatic carbocycles. The first-order chi connectivity index (χ1) is 6.91. The average molecular weight is 218 g/mol. The molecule has 2 unspecified atom stereocenters. The Kier molecular flexibility index (Phi) is 8.02. The van der Waals surface area contributed by atoms with Gasteiger partial charge in [0.25, 0.3) is 0 Å². The molecule has 3 nitrogen and oxygen atoms in total. The van der Waals surface area contributed by atoms with E-state index in [-0.39, 0.29) is 24.4 Å². The van der Waals surface area contributed by atoms with Gasteiger partial charge in [-0.1, -0.05) is 0 Å². The number of hydrogen-bond donors (Lipinski definition) is 0. The van der Waals surface area contributed by atoms with E-state index in [1.165, 1.54) is 0 Å². The van der Waals surface area contributed by atoms with Gasteiger partial charge in [0.2, 0.25) is 0 Å². The van der Waals surface area contributed by atoms with Gasteiger partial charge in [-0.3, -0.25) is 0 Å². The maximum absolute atomic E-state index is 5.70. The van der Waals surface area contributed by atoms with E-state index >= 15 is 0 Å². The lowest BCUT2D eigenvalue weighted by molar-refractivity contribution is -0.0864. The molecule has 0 aliphatic heterocycles. The van der Waals surface area contributed by atoms with Crippen LogP contribution in [0.1, 0.15) is 41.5 Å². The third-order valence-corrected chi connectivity index (χ3v) is 1.79. The molecule has 0 aromatic heterocycles. The van der Waals surface area contributed by atoms with Crippen molar-refractivity contribution in [2.24, 2.45) is 0 Å². The van der Waals surface area contributed by atoms with Gasteiger partial charge in [-0.05, 0) is 41.5 Å². The van der Waals surface area contributed by atoms with Crippen LogP contribution in [0.25, 0.3) is 0 Å². The smallest absolute Gasteiger partial charge is 0.0785 e. The summed E-state index contributed by atoms with van der Waals surface area (Å²) in [5.41, 5.74) is 0. The summed E-state index contributed by atoms with van der Waals surface area (Å²) in [6.07, 6.45) is 0.771. The SMILES string of the molecule is CC(C)OCC(C)OC(C)COC(C)C. The first-order valence-corrected chi connectivity index (χ1v) is 5.80. The summed E-state index contributed by atoms with van der Waals surface area (Å²) in [7, 11) is 0. The molecule has 15 heavy (non-hydrogen) atoms. The summed E-state index contributed by atoms with van der Waals surface area (Å²) in [5.74, 6) is 0. The van der Waals surface area contributed by atoms with Crippen molar-refractivity contribution in [1.29, 1.82) is 0 Å². The first kappa shape index (κ1) is 14.9. The molecule has 0 amide bonds. The molecule has 0 aromatic carbocycles. The highest BCUT2D eigenvalue weighted by Crippen LogP contribution is 2.02. The van der Waals surface area contributed by atoms with E-state index in [0.717, 1.165) is 0 Å². The van der Waals surface area contributed by atoms with Crippen LogP contribution in [0, 0.1) is 0 Å². The fourth-order valence-electron chi connectivity index (χ4n) is 1.13. The molecule has 0 heterocycles. The van der Waals surface area contributed by atoms with Gasteiger partial charge in [0.05, 0.1) is 37.6 Å². The van der Waals surface area contributed by atoms with Crippen LogP contribution in [-0.4, -0.2) is 37.6 Å². The Labute approximate surface area is 94.1 Å². The maximum atomic E-state index is 5.70. The van der Waals surface area contributed by atoms with Crippen molar-refractivity contribution in [2.75, 3.05) is 13.2 Å². The van der Waals surface area contributed by atoms with Gasteiger partial charge in [0.15, 0.2) is 0 Å². The molecule has 2 atom stereocenters. The average Bonchev–Trinajstić information content (AvgIpc) is 2.11. The molecular formula is C12H26O3. The van der Waals surface area contributed by atoms with Gasteiger partial charge < -0.3 is 14.2 Å². The van der Waals surface area contributed by atoms with Crippen molar-refractivity contribution in [1.82, 2.24) is 0 Å². The zero-order valence-electron chi connectivity index (χ0n) is 10.9. The standard InChI is InChI=1S/C12H26O3/c1-9(2)13-7-11(5)15-12(6)8-14-10(3)4/h9-12H,7-8H2,1-6H3. The number of hydrogen-bond acceptors (Lipinski definition) is 3. The lowest BCUT2D eigenvalue weighted by Crippen LogP contribution is -2.27. The minimum Gasteiger partial charge on any atom is -0.376 e. The Morgan fingerprint density at radius 1 is 0.667 bits per heavy atom. The summed E-state index contributed by atoms with van der Waals surface area (Å²) < 4.78 is 16.6. The number of ether oxygens (including phenoxy) is 3. The zero-order chi connectivity index (χ0) is 11.8. The first-order valence-electron chi connectivity index (χ1n) is 5.80. The molecule has 92 valence electrons. The van der Waals surface area contributed by atoms with Gasteiger partial charge in [0.1, 0.15) is 0 Å². The quantitative estimate of drug-likeness (QED) is 0.627. The van der Waals surface area contributed by atoms with Crippen LogP contribution in [-0.2, 0) is 14.2 Å². The Bertz CT molecular complexity index is 130. The van der Waals surface area contributed by atoms with Crippen molar-refractivity contribution < 1.29 is 14.2 Å². The van der Waals surface area contributed by atoms with E-state index in [2.05, 4.69) is 0 Å². The second-order valence-electron chi connectivity index (χ2n) is 4.52. The molecular weight excluding hydrogens is 192 g/mol. The van der Waals surface area contributed by atoms with E-state index < -0.39 is 0 Å². The molecule has 0 aromatic rings. The Morgan fingerprint density at radius 2 is 1.00 bits per heavy atom. The second-order valence-corrected chi connectivity index (χ2v) is 4.52. The highest BCUT2D eigenvalue weighted by Gasteiger charge is 2.10. The van der Waals surface area contributed by atoms with Crippen LogP contribution in [0.5, 0.6) is 0 Å². The van der Waals surface area contributed by atoms with E-state index in [1.54, 1.807) is 0 Å². The predicted octanol–water partition coefficient (Wildman–Crippen LogP) is 2.63. The van der Waals surface area contributed by atoms with Crippen LogP contribution in [0.3, 0.4) is 0 Å². The van der Waals surface area contributed by atoms with Gasteiger partial charge >= 0.3 is 0 Å². The van der Waals surface area contributed by atoms with E-state index in [0.29, 0.717) is 13.2 Å². The maximum Gasteiger partial charge on any atom is 0.0785 e. The Hall–Kier alpha value is -0.120. The van der Waals surface area contributed by atoms with Gasteiger partial charge in [-0.25, -0.2) is 0 Å². The molecule has 0 N–H and O–H groups in total. The van der Waals surface area contributed by atoms with Gasteiger partial charge in [-0.2, -0.15) is 0 Å². The van der Waals surface area contributed by atoms with E-state index in [9.17, 15) is 0 Å². The van der Waals surface area contributed by atoms with Crippen LogP contribution in [0.2, 0.25) is 0 Å². The van der Waals surface area contributed by atoms with Crippen LogP contribution in [0.4, 0.5) is 0 Å². The molecule has 0 saturated carbocycles. The fraction of sp³-hybridized carbons (Fsp3) is 1.00. The Morgan fingerprint density at radius 3 is 1.27 bits per heavy atom. The predicted molar refractivity (Wildman–Crippen MR) is 62.2 cm³/mol. The number of rotatable bonds is 8. The van der Waals surface area contributed by atoms with Crippen molar-refractivity contribution in [2.45, 2.75) is 66.0 Å². The lowest BCUT2D eigenvalue weighted by atomic mass is 10.3. The van der Waals surface area contributed by atoms with Crippen LogP contribution >= 0.6 is 0 Å². The molecule has 0 saturated heterocycles. The summed E-state index contributed by atoms with van der Waals surface area (Å²) in [4.78, 5) is 0. The molecule has 0 aliphatic rings. The van der Waals surface area contributed by atoms with Crippen LogP contribution < -0.4 is 0 Å². The van der Waals surface area contributed by atoms with Crippen molar-refractivity contribution in [3.63, 3.8) is 0 Å². The zero-order valence-corrected chi connectivity index (χ0v) is 10.9. The highest BCUT2D eigenvalue weighted by atomic mass is 16.6. The van der Waals surface area contributed by atoms with Crippen molar-refractivity contribution in [3.05, 3.63) is 0 Å².